The topological polar surface area (TPSA) is 41.6 Å². The molecule has 0 aromatic heterocycles. The fourth-order valence-corrected chi connectivity index (χ4v) is 2.88. The molecule has 0 atom stereocenters. The molecule has 1 heterocycles. The van der Waals surface area contributed by atoms with Crippen LogP contribution in [0.25, 0.3) is 0 Å². The summed E-state index contributed by atoms with van der Waals surface area (Å²) in [7, 11) is 0. The molecule has 1 aliphatic rings. The quantitative estimate of drug-likeness (QED) is 0.845. The highest BCUT2D eigenvalue weighted by atomic mass is 35.5. The molecule has 1 aromatic carbocycles. The lowest BCUT2D eigenvalue weighted by Crippen LogP contribution is -2.42. The number of amides is 1. The lowest BCUT2D eigenvalue weighted by atomic mass is 9.97. The number of benzene rings is 1. The molecule has 0 bridgehead atoms. The zero-order valence-corrected chi connectivity index (χ0v) is 15.4. The molecule has 4 nitrogen and oxygen atoms in total. The van der Waals surface area contributed by atoms with Crippen molar-refractivity contribution in [3.05, 3.63) is 28.8 Å². The number of nitrogens with one attached hydrogen (secondary N) is 1. The predicted octanol–water partition coefficient (Wildman–Crippen LogP) is 3.30. The second kappa shape index (κ2) is 10.0. The second-order valence-electron chi connectivity index (χ2n) is 5.78. The number of hydrogen-bond donors (Lipinski definition) is 1. The Morgan fingerprint density at radius 1 is 1.39 bits per heavy atom. The maximum atomic E-state index is 12.2. The van der Waals surface area contributed by atoms with Gasteiger partial charge in [0.1, 0.15) is 5.75 Å². The summed E-state index contributed by atoms with van der Waals surface area (Å²) in [5, 5.41) is 4.04. The van der Waals surface area contributed by atoms with Gasteiger partial charge in [0.05, 0.1) is 0 Å². The van der Waals surface area contributed by atoms with Gasteiger partial charge in [0.15, 0.2) is 6.61 Å². The van der Waals surface area contributed by atoms with Crippen molar-refractivity contribution in [2.75, 3.05) is 32.8 Å². The molecule has 0 radical (unpaired) electrons. The summed E-state index contributed by atoms with van der Waals surface area (Å²) in [4.78, 5) is 14.1. The predicted molar refractivity (Wildman–Crippen MR) is 96.8 cm³/mol. The van der Waals surface area contributed by atoms with E-state index in [4.69, 9.17) is 16.3 Å². The van der Waals surface area contributed by atoms with E-state index in [9.17, 15) is 4.79 Å². The van der Waals surface area contributed by atoms with Gasteiger partial charge in [-0.05, 0) is 50.9 Å². The summed E-state index contributed by atoms with van der Waals surface area (Å²) in [6.45, 7) is 7.81. The smallest absolute Gasteiger partial charge is 0.260 e. The molecular formula is C17H26Cl2N2O2. The van der Waals surface area contributed by atoms with Gasteiger partial charge in [-0.3, -0.25) is 4.79 Å². The fraction of sp³-hybridized carbons (Fsp3) is 0.588. The normalized spacial score (nSPS) is 15.2. The van der Waals surface area contributed by atoms with E-state index in [1.165, 1.54) is 0 Å². The van der Waals surface area contributed by atoms with Gasteiger partial charge >= 0.3 is 0 Å². The van der Waals surface area contributed by atoms with Crippen LogP contribution < -0.4 is 10.1 Å². The monoisotopic (exact) mass is 360 g/mol. The van der Waals surface area contributed by atoms with E-state index in [2.05, 4.69) is 12.2 Å². The van der Waals surface area contributed by atoms with Crippen molar-refractivity contribution in [1.29, 1.82) is 0 Å². The third kappa shape index (κ3) is 5.87. The number of carbonyl (C=O) groups is 1. The minimum Gasteiger partial charge on any atom is -0.483 e. The Hall–Kier alpha value is -0.970. The average Bonchev–Trinajstić information content (AvgIpc) is 2.54. The van der Waals surface area contributed by atoms with Gasteiger partial charge in [-0.15, -0.1) is 12.4 Å². The molecular weight excluding hydrogens is 335 g/mol. The van der Waals surface area contributed by atoms with Crippen molar-refractivity contribution < 1.29 is 9.53 Å². The number of carbonyl (C=O) groups excluding carboxylic acids is 1. The van der Waals surface area contributed by atoms with E-state index in [-0.39, 0.29) is 24.9 Å². The van der Waals surface area contributed by atoms with Crippen LogP contribution in [0.2, 0.25) is 5.02 Å². The van der Waals surface area contributed by atoms with Crippen LogP contribution in [0.5, 0.6) is 5.75 Å². The molecule has 6 heteroatoms. The van der Waals surface area contributed by atoms with Crippen molar-refractivity contribution >= 4 is 29.9 Å². The van der Waals surface area contributed by atoms with Crippen LogP contribution in [-0.4, -0.2) is 43.6 Å². The maximum absolute atomic E-state index is 12.2. The standard InChI is InChI=1S/C17H25ClN2O2.ClH/c1-3-19-11-14-7-9-20(10-8-14)17(21)12-22-16-6-4-5-15(18)13(16)2;/h4-6,14,19H,3,7-12H2,1-2H3;1H. The van der Waals surface area contributed by atoms with Crippen LogP contribution in [0.4, 0.5) is 0 Å². The number of ether oxygens (including phenoxy) is 1. The minimum absolute atomic E-state index is 0. The van der Waals surface area contributed by atoms with Crippen LogP contribution in [0.1, 0.15) is 25.3 Å². The van der Waals surface area contributed by atoms with Crippen LogP contribution in [0, 0.1) is 12.8 Å². The number of piperidine rings is 1. The summed E-state index contributed by atoms with van der Waals surface area (Å²) in [6.07, 6.45) is 2.13. The third-order valence-corrected chi connectivity index (χ3v) is 4.63. The second-order valence-corrected chi connectivity index (χ2v) is 6.19. The van der Waals surface area contributed by atoms with Crippen molar-refractivity contribution in [3.63, 3.8) is 0 Å². The van der Waals surface area contributed by atoms with Gasteiger partial charge < -0.3 is 15.0 Å². The van der Waals surface area contributed by atoms with E-state index in [1.54, 1.807) is 0 Å². The summed E-state index contributed by atoms with van der Waals surface area (Å²) in [5.74, 6) is 1.42. The van der Waals surface area contributed by atoms with E-state index in [1.807, 2.05) is 30.0 Å². The number of hydrogen-bond acceptors (Lipinski definition) is 3. The Morgan fingerprint density at radius 3 is 2.74 bits per heavy atom. The first-order valence-electron chi connectivity index (χ1n) is 7.98. The first-order valence-corrected chi connectivity index (χ1v) is 8.36. The molecule has 0 saturated carbocycles. The maximum Gasteiger partial charge on any atom is 0.260 e. The van der Waals surface area contributed by atoms with E-state index in [0.717, 1.165) is 44.6 Å². The summed E-state index contributed by atoms with van der Waals surface area (Å²) >= 11 is 6.05. The fourth-order valence-electron chi connectivity index (χ4n) is 2.71. The average molecular weight is 361 g/mol. The van der Waals surface area contributed by atoms with E-state index >= 15 is 0 Å². The molecule has 1 N–H and O–H groups in total. The Kier molecular flexibility index (Phi) is 8.74. The minimum atomic E-state index is 0. The van der Waals surface area contributed by atoms with Crippen molar-refractivity contribution in [1.82, 2.24) is 10.2 Å². The van der Waals surface area contributed by atoms with Gasteiger partial charge in [-0.2, -0.15) is 0 Å². The summed E-state index contributed by atoms with van der Waals surface area (Å²) < 4.78 is 5.64. The molecule has 1 fully saturated rings. The highest BCUT2D eigenvalue weighted by molar-refractivity contribution is 6.31. The Morgan fingerprint density at radius 2 is 2.09 bits per heavy atom. The molecule has 130 valence electrons. The van der Waals surface area contributed by atoms with Crippen LogP contribution in [0.15, 0.2) is 18.2 Å². The first kappa shape index (κ1) is 20.1. The van der Waals surface area contributed by atoms with Crippen molar-refractivity contribution in [2.24, 2.45) is 5.92 Å². The Balaban J connectivity index is 0.00000264. The van der Waals surface area contributed by atoms with Crippen LogP contribution in [-0.2, 0) is 4.79 Å². The number of nitrogens with zero attached hydrogens (tertiary/aromatic N) is 1. The van der Waals surface area contributed by atoms with Crippen molar-refractivity contribution in [3.8, 4) is 5.75 Å². The lowest BCUT2D eigenvalue weighted by molar-refractivity contribution is -0.134. The first-order chi connectivity index (χ1) is 10.6. The summed E-state index contributed by atoms with van der Waals surface area (Å²) in [5.41, 5.74) is 0.876. The van der Waals surface area contributed by atoms with E-state index < -0.39 is 0 Å². The van der Waals surface area contributed by atoms with Crippen molar-refractivity contribution in [2.45, 2.75) is 26.7 Å². The SMILES string of the molecule is CCNCC1CCN(C(=O)COc2cccc(Cl)c2C)CC1.Cl. The molecule has 1 aromatic rings. The van der Waals surface area contributed by atoms with Gasteiger partial charge in [-0.25, -0.2) is 0 Å². The Labute approximate surface area is 149 Å². The van der Waals surface area contributed by atoms with Gasteiger partial charge in [0.25, 0.3) is 5.91 Å². The molecule has 1 amide bonds. The summed E-state index contributed by atoms with van der Waals surface area (Å²) in [6, 6.07) is 5.50. The zero-order valence-electron chi connectivity index (χ0n) is 13.8. The van der Waals surface area contributed by atoms with Crippen LogP contribution >= 0.6 is 24.0 Å². The van der Waals surface area contributed by atoms with Gasteiger partial charge in [-0.1, -0.05) is 24.6 Å². The Bertz CT molecular complexity index is 503. The highest BCUT2D eigenvalue weighted by Crippen LogP contribution is 2.25. The number of halogens is 2. The van der Waals surface area contributed by atoms with Gasteiger partial charge in [0.2, 0.25) is 0 Å². The highest BCUT2D eigenvalue weighted by Gasteiger charge is 2.22. The molecule has 1 saturated heterocycles. The molecule has 0 unspecified atom stereocenters. The van der Waals surface area contributed by atoms with Gasteiger partial charge in [0, 0.05) is 23.7 Å². The molecule has 0 spiro atoms. The number of rotatable bonds is 6. The number of likely N-dealkylation sites (tertiary alicyclic amines) is 1. The third-order valence-electron chi connectivity index (χ3n) is 4.22. The van der Waals surface area contributed by atoms with Crippen LogP contribution in [0.3, 0.4) is 0 Å². The lowest BCUT2D eigenvalue weighted by Gasteiger charge is -2.32. The molecule has 0 aliphatic carbocycles. The molecule has 1 aliphatic heterocycles. The molecule has 2 rings (SSSR count). The largest absolute Gasteiger partial charge is 0.483 e. The molecule has 23 heavy (non-hydrogen) atoms. The zero-order chi connectivity index (χ0) is 15.9. The van der Waals surface area contributed by atoms with E-state index in [0.29, 0.717) is 16.7 Å².